The van der Waals surface area contributed by atoms with Gasteiger partial charge in [-0.3, -0.25) is 4.79 Å². The number of rotatable bonds is 8. The molecule has 2 N–H and O–H groups in total. The molecule has 1 aromatic carbocycles. The van der Waals surface area contributed by atoms with Crippen LogP contribution >= 0.6 is 34.5 Å². The Bertz CT molecular complexity index is 1050. The molecular formula is C18H16Cl2N2O4S2. The maximum Gasteiger partial charge on any atom is 0.252 e. The van der Waals surface area contributed by atoms with Crippen molar-refractivity contribution < 1.29 is 17.6 Å². The number of carbonyl (C=O) groups is 1. The second-order valence-electron chi connectivity index (χ2n) is 5.75. The van der Waals surface area contributed by atoms with Crippen LogP contribution in [0.1, 0.15) is 21.0 Å². The highest BCUT2D eigenvalue weighted by atomic mass is 35.5. The Kier molecular flexibility index (Phi) is 6.79. The standard InChI is InChI=1S/C18H16Cl2N2O4S2/c19-15-10-16(20)17(28(24,25)22-11-12-3-1-7-26-12)9-14(15)18(23)21-6-5-13-4-2-8-27-13/h1-4,7-10,22H,5-6,11H2,(H,21,23). The number of sulfonamides is 1. The minimum atomic E-state index is -3.97. The van der Waals surface area contributed by atoms with Gasteiger partial charge in [0.25, 0.3) is 5.91 Å². The number of halogens is 2. The van der Waals surface area contributed by atoms with E-state index in [-0.39, 0.29) is 27.0 Å². The first kappa shape index (κ1) is 20.9. The normalized spacial score (nSPS) is 11.5. The molecule has 0 unspecified atom stereocenters. The number of hydrogen-bond acceptors (Lipinski definition) is 5. The van der Waals surface area contributed by atoms with Crippen molar-refractivity contribution in [1.82, 2.24) is 10.0 Å². The van der Waals surface area contributed by atoms with Gasteiger partial charge in [0.05, 0.1) is 28.4 Å². The SMILES string of the molecule is O=C(NCCc1cccs1)c1cc(S(=O)(=O)NCc2ccco2)c(Cl)cc1Cl. The first-order chi connectivity index (χ1) is 13.4. The van der Waals surface area contributed by atoms with Crippen molar-refractivity contribution in [2.24, 2.45) is 0 Å². The van der Waals surface area contributed by atoms with Crippen molar-refractivity contribution >= 4 is 50.5 Å². The van der Waals surface area contributed by atoms with E-state index in [9.17, 15) is 13.2 Å². The lowest BCUT2D eigenvalue weighted by molar-refractivity contribution is 0.0954. The Morgan fingerprint density at radius 1 is 1.14 bits per heavy atom. The summed E-state index contributed by atoms with van der Waals surface area (Å²) in [7, 11) is -3.97. The second kappa shape index (κ2) is 9.11. The van der Waals surface area contributed by atoms with Gasteiger partial charge < -0.3 is 9.73 Å². The van der Waals surface area contributed by atoms with Crippen LogP contribution < -0.4 is 10.0 Å². The van der Waals surface area contributed by atoms with Gasteiger partial charge in [0.15, 0.2) is 0 Å². The molecule has 3 rings (SSSR count). The topological polar surface area (TPSA) is 88.4 Å². The van der Waals surface area contributed by atoms with Gasteiger partial charge in [0.2, 0.25) is 10.0 Å². The zero-order valence-electron chi connectivity index (χ0n) is 14.4. The predicted molar refractivity (Wildman–Crippen MR) is 110 cm³/mol. The van der Waals surface area contributed by atoms with Gasteiger partial charge in [0, 0.05) is 11.4 Å². The maximum absolute atomic E-state index is 12.6. The monoisotopic (exact) mass is 458 g/mol. The number of hydrogen-bond donors (Lipinski definition) is 2. The van der Waals surface area contributed by atoms with Crippen LogP contribution in [-0.4, -0.2) is 20.9 Å². The second-order valence-corrected chi connectivity index (χ2v) is 9.33. The van der Waals surface area contributed by atoms with Crippen molar-refractivity contribution in [3.05, 3.63) is 74.3 Å². The van der Waals surface area contributed by atoms with Gasteiger partial charge >= 0.3 is 0 Å². The van der Waals surface area contributed by atoms with Crippen LogP contribution in [-0.2, 0) is 23.0 Å². The zero-order chi connectivity index (χ0) is 20.1. The molecule has 0 atom stereocenters. The molecule has 0 radical (unpaired) electrons. The maximum atomic E-state index is 12.6. The van der Waals surface area contributed by atoms with Gasteiger partial charge in [-0.2, -0.15) is 0 Å². The van der Waals surface area contributed by atoms with Crippen molar-refractivity contribution in [3.8, 4) is 0 Å². The molecule has 10 heteroatoms. The molecule has 0 aliphatic heterocycles. The Balaban J connectivity index is 1.74. The van der Waals surface area contributed by atoms with Gasteiger partial charge in [-0.15, -0.1) is 11.3 Å². The molecule has 28 heavy (non-hydrogen) atoms. The Morgan fingerprint density at radius 3 is 2.64 bits per heavy atom. The average molecular weight is 459 g/mol. The Hall–Kier alpha value is -1.84. The minimum Gasteiger partial charge on any atom is -0.468 e. The lowest BCUT2D eigenvalue weighted by Gasteiger charge is -2.11. The molecule has 0 aliphatic rings. The molecule has 2 heterocycles. The van der Waals surface area contributed by atoms with E-state index < -0.39 is 15.9 Å². The average Bonchev–Trinajstić information content (AvgIpc) is 3.33. The molecule has 0 saturated heterocycles. The summed E-state index contributed by atoms with van der Waals surface area (Å²) in [6.07, 6.45) is 2.11. The van der Waals surface area contributed by atoms with E-state index in [0.29, 0.717) is 18.7 Å². The predicted octanol–water partition coefficient (Wildman–Crippen LogP) is 4.10. The van der Waals surface area contributed by atoms with Gasteiger partial charge in [-0.1, -0.05) is 29.3 Å². The van der Waals surface area contributed by atoms with Crippen LogP contribution in [0.2, 0.25) is 10.0 Å². The highest BCUT2D eigenvalue weighted by Gasteiger charge is 2.22. The molecule has 148 valence electrons. The summed E-state index contributed by atoms with van der Waals surface area (Å²) in [4.78, 5) is 13.4. The number of nitrogens with one attached hydrogen (secondary N) is 2. The van der Waals surface area contributed by atoms with Crippen LogP contribution in [0.25, 0.3) is 0 Å². The van der Waals surface area contributed by atoms with E-state index in [1.165, 1.54) is 18.4 Å². The van der Waals surface area contributed by atoms with E-state index in [2.05, 4.69) is 10.0 Å². The molecule has 0 spiro atoms. The summed E-state index contributed by atoms with van der Waals surface area (Å²) in [6.45, 7) is 0.355. The fraction of sp³-hybridized carbons (Fsp3) is 0.167. The Morgan fingerprint density at radius 2 is 1.96 bits per heavy atom. The first-order valence-electron chi connectivity index (χ1n) is 8.18. The largest absolute Gasteiger partial charge is 0.468 e. The number of benzene rings is 1. The lowest BCUT2D eigenvalue weighted by atomic mass is 10.2. The van der Waals surface area contributed by atoms with Crippen molar-refractivity contribution in [2.45, 2.75) is 17.9 Å². The lowest BCUT2D eigenvalue weighted by Crippen LogP contribution is -2.27. The summed E-state index contributed by atoms with van der Waals surface area (Å²) >= 11 is 13.8. The van der Waals surface area contributed by atoms with E-state index >= 15 is 0 Å². The minimum absolute atomic E-state index is 0.0376. The molecule has 0 aliphatic carbocycles. The van der Waals surface area contributed by atoms with Crippen LogP contribution in [0.5, 0.6) is 0 Å². The molecule has 1 amide bonds. The number of thiophene rings is 1. The first-order valence-corrected chi connectivity index (χ1v) is 11.3. The third kappa shape index (κ3) is 5.15. The van der Waals surface area contributed by atoms with Crippen LogP contribution in [0, 0.1) is 0 Å². The number of carbonyl (C=O) groups excluding carboxylic acids is 1. The van der Waals surface area contributed by atoms with E-state index in [1.54, 1.807) is 23.5 Å². The summed E-state index contributed by atoms with van der Waals surface area (Å²) < 4.78 is 32.7. The third-order valence-corrected chi connectivity index (χ3v) is 6.92. The molecule has 2 aromatic heterocycles. The van der Waals surface area contributed by atoms with Crippen LogP contribution in [0.4, 0.5) is 0 Å². The van der Waals surface area contributed by atoms with E-state index in [4.69, 9.17) is 27.6 Å². The summed E-state index contributed by atoms with van der Waals surface area (Å²) in [5.41, 5.74) is 0.0376. The van der Waals surface area contributed by atoms with Gasteiger partial charge in [-0.25, -0.2) is 13.1 Å². The van der Waals surface area contributed by atoms with Crippen LogP contribution in [0.15, 0.2) is 57.4 Å². The highest BCUT2D eigenvalue weighted by molar-refractivity contribution is 7.89. The molecule has 6 nitrogen and oxygen atoms in total. The molecule has 3 aromatic rings. The Labute approximate surface area is 176 Å². The summed E-state index contributed by atoms with van der Waals surface area (Å²) in [5.74, 6) is -0.0269. The van der Waals surface area contributed by atoms with Crippen LogP contribution in [0.3, 0.4) is 0 Å². The van der Waals surface area contributed by atoms with E-state index in [0.717, 1.165) is 4.88 Å². The third-order valence-electron chi connectivity index (χ3n) is 3.81. The summed E-state index contributed by atoms with van der Waals surface area (Å²) in [5, 5.41) is 4.69. The van der Waals surface area contributed by atoms with Gasteiger partial charge in [-0.05, 0) is 42.1 Å². The number of furan rings is 1. The van der Waals surface area contributed by atoms with Crippen molar-refractivity contribution in [1.29, 1.82) is 0 Å². The fourth-order valence-corrected chi connectivity index (χ4v) is 4.97. The molecule has 0 bridgehead atoms. The van der Waals surface area contributed by atoms with E-state index in [1.807, 2.05) is 17.5 Å². The summed E-state index contributed by atoms with van der Waals surface area (Å²) in [6, 6.07) is 9.62. The fourth-order valence-electron chi connectivity index (χ4n) is 2.42. The molecule has 0 saturated carbocycles. The number of amides is 1. The highest BCUT2D eigenvalue weighted by Crippen LogP contribution is 2.29. The van der Waals surface area contributed by atoms with Gasteiger partial charge in [0.1, 0.15) is 10.7 Å². The quantitative estimate of drug-likeness (QED) is 0.531. The van der Waals surface area contributed by atoms with Crippen molar-refractivity contribution in [2.75, 3.05) is 6.54 Å². The van der Waals surface area contributed by atoms with Crippen molar-refractivity contribution in [3.63, 3.8) is 0 Å². The molecular weight excluding hydrogens is 443 g/mol. The molecule has 0 fully saturated rings. The smallest absolute Gasteiger partial charge is 0.252 e. The zero-order valence-corrected chi connectivity index (χ0v) is 17.6.